The van der Waals surface area contributed by atoms with E-state index in [0.29, 0.717) is 5.57 Å². The van der Waals surface area contributed by atoms with Crippen molar-refractivity contribution in [3.05, 3.63) is 12.2 Å². The molecular formula is C9H18O3Si. The predicted molar refractivity (Wildman–Crippen MR) is 54.6 cm³/mol. The Morgan fingerprint density at radius 1 is 1.38 bits per heavy atom. The van der Waals surface area contributed by atoms with Gasteiger partial charge in [0.2, 0.25) is 0 Å². The lowest BCUT2D eigenvalue weighted by Gasteiger charge is -2.26. The van der Waals surface area contributed by atoms with Crippen LogP contribution < -0.4 is 0 Å². The Morgan fingerprint density at radius 2 is 1.85 bits per heavy atom. The molecule has 0 bridgehead atoms. The smallest absolute Gasteiger partial charge is 0.401 e. The van der Waals surface area contributed by atoms with E-state index < -0.39 is 8.56 Å². The normalized spacial score (nSPS) is 11.1. The van der Waals surface area contributed by atoms with Gasteiger partial charge in [0.15, 0.2) is 0 Å². The maximum atomic E-state index is 11.3. The zero-order valence-electron chi connectivity index (χ0n) is 8.85. The van der Waals surface area contributed by atoms with E-state index in [2.05, 4.69) is 6.58 Å². The van der Waals surface area contributed by atoms with E-state index in [-0.39, 0.29) is 5.97 Å². The van der Waals surface area contributed by atoms with Crippen molar-refractivity contribution < 1.29 is 13.6 Å². The van der Waals surface area contributed by atoms with Crippen molar-refractivity contribution in [2.24, 2.45) is 0 Å². The van der Waals surface area contributed by atoms with Gasteiger partial charge in [-0.3, -0.25) is 0 Å². The molecule has 13 heavy (non-hydrogen) atoms. The van der Waals surface area contributed by atoms with Gasteiger partial charge in [-0.1, -0.05) is 20.4 Å². The first-order chi connectivity index (χ1) is 6.01. The Balaban J connectivity index is 4.42. The van der Waals surface area contributed by atoms with Crippen LogP contribution in [0.1, 0.15) is 20.8 Å². The van der Waals surface area contributed by atoms with Gasteiger partial charge in [0.25, 0.3) is 0 Å². The Morgan fingerprint density at radius 3 is 2.08 bits per heavy atom. The molecule has 0 aromatic heterocycles. The van der Waals surface area contributed by atoms with Gasteiger partial charge in [0.1, 0.15) is 0 Å². The maximum Gasteiger partial charge on any atom is 0.401 e. The van der Waals surface area contributed by atoms with Crippen LogP contribution in [0.5, 0.6) is 0 Å². The Hall–Kier alpha value is -0.613. The van der Waals surface area contributed by atoms with E-state index >= 15 is 0 Å². The summed E-state index contributed by atoms with van der Waals surface area (Å²) >= 11 is 0. The summed E-state index contributed by atoms with van der Waals surface area (Å²) in [5, 5.41) is 0. The second-order valence-corrected chi connectivity index (χ2v) is 6.84. The van der Waals surface area contributed by atoms with Crippen LogP contribution in [0.25, 0.3) is 0 Å². The molecule has 0 amide bonds. The Bertz CT molecular complexity index is 189. The highest BCUT2D eigenvalue weighted by Crippen LogP contribution is 2.18. The van der Waals surface area contributed by atoms with Crippen molar-refractivity contribution in [2.75, 3.05) is 7.11 Å². The van der Waals surface area contributed by atoms with Gasteiger partial charge < -0.3 is 8.85 Å². The van der Waals surface area contributed by atoms with Crippen LogP contribution in [0.2, 0.25) is 12.1 Å². The van der Waals surface area contributed by atoms with Gasteiger partial charge in [0.05, 0.1) is 0 Å². The van der Waals surface area contributed by atoms with E-state index in [1.807, 2.05) is 13.8 Å². The summed E-state index contributed by atoms with van der Waals surface area (Å²) in [5.41, 5.74) is 0.427. The highest BCUT2D eigenvalue weighted by Gasteiger charge is 2.36. The maximum absolute atomic E-state index is 11.3. The first kappa shape index (κ1) is 12.4. The monoisotopic (exact) mass is 202 g/mol. The summed E-state index contributed by atoms with van der Waals surface area (Å²) in [6, 6.07) is 1.55. The molecule has 0 fully saturated rings. The molecule has 0 rings (SSSR count). The highest BCUT2D eigenvalue weighted by molar-refractivity contribution is 6.68. The Kier molecular flexibility index (Phi) is 4.94. The second-order valence-electron chi connectivity index (χ2n) is 2.99. The van der Waals surface area contributed by atoms with E-state index in [1.165, 1.54) is 0 Å². The molecule has 0 aromatic carbocycles. The van der Waals surface area contributed by atoms with E-state index in [1.54, 1.807) is 14.0 Å². The summed E-state index contributed by atoms with van der Waals surface area (Å²) in [5.74, 6) is -0.336. The van der Waals surface area contributed by atoms with Gasteiger partial charge in [-0.2, -0.15) is 0 Å². The summed E-state index contributed by atoms with van der Waals surface area (Å²) < 4.78 is 10.6. The zero-order valence-corrected chi connectivity index (χ0v) is 9.85. The molecule has 0 unspecified atom stereocenters. The average molecular weight is 202 g/mol. The fraction of sp³-hybridized carbons (Fsp3) is 0.667. The van der Waals surface area contributed by atoms with Crippen molar-refractivity contribution in [1.82, 2.24) is 0 Å². The van der Waals surface area contributed by atoms with Crippen LogP contribution >= 0.6 is 0 Å². The molecule has 4 heteroatoms. The van der Waals surface area contributed by atoms with Gasteiger partial charge in [-0.25, -0.2) is 4.79 Å². The fourth-order valence-corrected chi connectivity index (χ4v) is 2.94. The van der Waals surface area contributed by atoms with E-state index in [9.17, 15) is 4.79 Å². The minimum Gasteiger partial charge on any atom is -0.491 e. The van der Waals surface area contributed by atoms with Gasteiger partial charge in [0, 0.05) is 12.7 Å². The zero-order chi connectivity index (χ0) is 10.5. The third kappa shape index (κ3) is 3.32. The molecule has 0 spiro atoms. The van der Waals surface area contributed by atoms with E-state index in [0.717, 1.165) is 12.1 Å². The molecular weight excluding hydrogens is 184 g/mol. The van der Waals surface area contributed by atoms with E-state index in [4.69, 9.17) is 8.85 Å². The third-order valence-corrected chi connectivity index (χ3v) is 5.53. The molecule has 0 aromatic rings. The van der Waals surface area contributed by atoms with Crippen LogP contribution in [-0.4, -0.2) is 21.6 Å². The SMILES string of the molecule is C=C(C)C(=O)O[Si](CC)(CC)OC. The van der Waals surface area contributed by atoms with Gasteiger partial charge >= 0.3 is 14.5 Å². The summed E-state index contributed by atoms with van der Waals surface area (Å²) in [4.78, 5) is 11.3. The van der Waals surface area contributed by atoms with Crippen molar-refractivity contribution in [1.29, 1.82) is 0 Å². The van der Waals surface area contributed by atoms with Crippen molar-refractivity contribution in [2.45, 2.75) is 32.9 Å². The van der Waals surface area contributed by atoms with Crippen LogP contribution in [0.4, 0.5) is 0 Å². The second kappa shape index (κ2) is 5.19. The molecule has 0 aliphatic rings. The number of rotatable bonds is 5. The molecule has 0 saturated heterocycles. The first-order valence-electron chi connectivity index (χ1n) is 4.45. The molecule has 0 aliphatic carbocycles. The molecule has 0 saturated carbocycles. The molecule has 0 aliphatic heterocycles. The van der Waals surface area contributed by atoms with Crippen molar-refractivity contribution in [3.63, 3.8) is 0 Å². The van der Waals surface area contributed by atoms with Crippen LogP contribution in [0.3, 0.4) is 0 Å². The van der Waals surface area contributed by atoms with Crippen molar-refractivity contribution >= 4 is 14.5 Å². The third-order valence-electron chi connectivity index (χ3n) is 2.08. The lowest BCUT2D eigenvalue weighted by Crippen LogP contribution is -2.41. The van der Waals surface area contributed by atoms with Crippen LogP contribution in [0, 0.1) is 0 Å². The highest BCUT2D eigenvalue weighted by atomic mass is 28.4. The van der Waals surface area contributed by atoms with Crippen LogP contribution in [0.15, 0.2) is 12.2 Å². The number of hydrogen-bond acceptors (Lipinski definition) is 3. The Labute approximate surface area is 81.0 Å². The molecule has 0 heterocycles. The van der Waals surface area contributed by atoms with Crippen molar-refractivity contribution in [3.8, 4) is 0 Å². The topological polar surface area (TPSA) is 35.5 Å². The summed E-state index contributed by atoms with van der Waals surface area (Å²) in [6.45, 7) is 9.13. The molecule has 0 radical (unpaired) electrons. The summed E-state index contributed by atoms with van der Waals surface area (Å²) in [6.07, 6.45) is 0. The lowest BCUT2D eigenvalue weighted by molar-refractivity contribution is -0.132. The van der Waals surface area contributed by atoms with Gasteiger partial charge in [-0.15, -0.1) is 0 Å². The standard InChI is InChI=1S/C9H18O3Si/c1-6-13(7-2,11-5)12-9(10)8(3)4/h3,6-7H2,1-2,4-5H3. The molecule has 0 N–H and O–H groups in total. The lowest BCUT2D eigenvalue weighted by atomic mass is 10.4. The molecule has 3 nitrogen and oxygen atoms in total. The number of hydrogen-bond donors (Lipinski definition) is 0. The predicted octanol–water partition coefficient (Wildman–Crippen LogP) is 2.23. The minimum absolute atomic E-state index is 0.336. The fourth-order valence-electron chi connectivity index (χ4n) is 0.981. The number of carbonyl (C=O) groups excluding carboxylic acids is 1. The largest absolute Gasteiger partial charge is 0.491 e. The quantitative estimate of drug-likeness (QED) is 0.506. The average Bonchev–Trinajstić information content (AvgIpc) is 2.14. The molecule has 0 atom stereocenters. The van der Waals surface area contributed by atoms with Gasteiger partial charge in [-0.05, 0) is 19.0 Å². The number of carbonyl (C=O) groups is 1. The van der Waals surface area contributed by atoms with Crippen LogP contribution in [-0.2, 0) is 13.6 Å². The molecule has 76 valence electrons. The minimum atomic E-state index is -2.25. The first-order valence-corrected chi connectivity index (χ1v) is 6.68. The summed E-state index contributed by atoms with van der Waals surface area (Å²) in [7, 11) is -0.652.